The van der Waals surface area contributed by atoms with Gasteiger partial charge in [0.1, 0.15) is 0 Å². The molecule has 2 unspecified atom stereocenters. The molecule has 3 N–H and O–H groups in total. The van der Waals surface area contributed by atoms with Crippen LogP contribution in [-0.2, 0) is 4.79 Å². The molecule has 0 saturated heterocycles. The van der Waals surface area contributed by atoms with Crippen LogP contribution in [0.3, 0.4) is 0 Å². The van der Waals surface area contributed by atoms with E-state index < -0.39 is 23.8 Å². The van der Waals surface area contributed by atoms with E-state index in [9.17, 15) is 29.7 Å². The molecule has 6 nitrogen and oxygen atoms in total. The summed E-state index contributed by atoms with van der Waals surface area (Å²) in [6.45, 7) is 1.69. The van der Waals surface area contributed by atoms with Crippen LogP contribution in [0.15, 0.2) is 0 Å². The van der Waals surface area contributed by atoms with Crippen LogP contribution in [0, 0.1) is 12.8 Å². The summed E-state index contributed by atoms with van der Waals surface area (Å²) < 4.78 is 1.02. The lowest BCUT2D eigenvalue weighted by molar-refractivity contribution is -0.142. The fourth-order valence-electron chi connectivity index (χ4n) is 4.33. The zero-order valence-electron chi connectivity index (χ0n) is 16.4. The maximum atomic E-state index is 12.1. The number of thiophene rings is 2. The Labute approximate surface area is 177 Å². The third kappa shape index (κ3) is 4.64. The first-order chi connectivity index (χ1) is 13.8. The highest BCUT2D eigenvalue weighted by atomic mass is 32.1. The van der Waals surface area contributed by atoms with E-state index in [1.807, 2.05) is 0 Å². The minimum atomic E-state index is -1.06. The molecule has 2 aromatic rings. The predicted octanol–water partition coefficient (Wildman–Crippen LogP) is 5.98. The zero-order chi connectivity index (χ0) is 21.1. The summed E-state index contributed by atoms with van der Waals surface area (Å²) >= 11 is 2.44. The number of fused-ring (bicyclic) bond motifs is 1. The highest BCUT2D eigenvalue weighted by Crippen LogP contribution is 2.46. The Morgan fingerprint density at radius 3 is 1.93 bits per heavy atom. The van der Waals surface area contributed by atoms with Crippen molar-refractivity contribution in [3.63, 3.8) is 0 Å². The van der Waals surface area contributed by atoms with Gasteiger partial charge in [-0.05, 0) is 32.1 Å². The van der Waals surface area contributed by atoms with Crippen molar-refractivity contribution in [2.24, 2.45) is 5.92 Å². The van der Waals surface area contributed by atoms with Crippen molar-refractivity contribution in [3.05, 3.63) is 20.9 Å². The van der Waals surface area contributed by atoms with Gasteiger partial charge >= 0.3 is 17.9 Å². The van der Waals surface area contributed by atoms with Gasteiger partial charge in [-0.2, -0.15) is 0 Å². The zero-order valence-corrected chi connectivity index (χ0v) is 18.0. The lowest BCUT2D eigenvalue weighted by atomic mass is 9.86. The Hall–Kier alpha value is -1.93. The number of carboxylic acid groups (broad SMARTS) is 3. The summed E-state index contributed by atoms with van der Waals surface area (Å²) in [5, 5.41) is 29.2. The van der Waals surface area contributed by atoms with Crippen LogP contribution in [0.2, 0.25) is 0 Å². The lowest BCUT2D eigenvalue weighted by Gasteiger charge is -2.21. The van der Waals surface area contributed by atoms with Crippen molar-refractivity contribution in [3.8, 4) is 0 Å². The molecule has 0 spiro atoms. The highest BCUT2D eigenvalue weighted by Gasteiger charge is 2.32. The number of hydrogen-bond acceptors (Lipinski definition) is 5. The van der Waals surface area contributed by atoms with E-state index in [-0.39, 0.29) is 17.0 Å². The SMILES string of the molecule is Cc1sc2c(C(=O)O)c(C3CCCCCCCCC(C(=O)O)C3)sc2c1C(=O)O. The van der Waals surface area contributed by atoms with Gasteiger partial charge in [-0.15, -0.1) is 22.7 Å². The van der Waals surface area contributed by atoms with Crippen molar-refractivity contribution in [2.45, 2.75) is 70.6 Å². The van der Waals surface area contributed by atoms with Crippen molar-refractivity contribution >= 4 is 50.0 Å². The normalized spacial score (nSPS) is 21.6. The Kier molecular flexibility index (Phi) is 6.95. The summed E-state index contributed by atoms with van der Waals surface area (Å²) in [7, 11) is 0. The number of carbonyl (C=O) groups is 3. The van der Waals surface area contributed by atoms with E-state index >= 15 is 0 Å². The fourth-order valence-corrected chi connectivity index (χ4v) is 7.23. The van der Waals surface area contributed by atoms with Gasteiger partial charge in [0.2, 0.25) is 0 Å². The van der Waals surface area contributed by atoms with Gasteiger partial charge in [-0.1, -0.05) is 38.5 Å². The van der Waals surface area contributed by atoms with Crippen LogP contribution < -0.4 is 0 Å². The molecule has 1 fully saturated rings. The molecule has 2 atom stereocenters. The molecule has 1 aliphatic carbocycles. The first-order valence-corrected chi connectivity index (χ1v) is 11.7. The average molecular weight is 439 g/mol. The van der Waals surface area contributed by atoms with Crippen molar-refractivity contribution in [1.29, 1.82) is 0 Å². The fraction of sp³-hybridized carbons (Fsp3) is 0.571. The molecule has 3 rings (SSSR count). The number of aromatic carboxylic acids is 2. The van der Waals surface area contributed by atoms with Crippen LogP contribution in [0.25, 0.3) is 9.40 Å². The monoisotopic (exact) mass is 438 g/mol. The topological polar surface area (TPSA) is 112 Å². The largest absolute Gasteiger partial charge is 0.481 e. The number of aliphatic carboxylic acids is 1. The summed E-state index contributed by atoms with van der Waals surface area (Å²) in [5.41, 5.74) is 0.352. The van der Waals surface area contributed by atoms with Crippen molar-refractivity contribution in [1.82, 2.24) is 0 Å². The molecule has 158 valence electrons. The molecule has 2 aromatic heterocycles. The van der Waals surface area contributed by atoms with E-state index in [1.54, 1.807) is 6.92 Å². The lowest BCUT2D eigenvalue weighted by Crippen LogP contribution is -2.18. The molecule has 8 heteroatoms. The second kappa shape index (κ2) is 9.26. The van der Waals surface area contributed by atoms with E-state index in [4.69, 9.17) is 0 Å². The minimum absolute atomic E-state index is 0.174. The van der Waals surface area contributed by atoms with Crippen LogP contribution in [-0.4, -0.2) is 33.2 Å². The van der Waals surface area contributed by atoms with E-state index in [1.165, 1.54) is 22.7 Å². The van der Waals surface area contributed by atoms with E-state index in [2.05, 4.69) is 0 Å². The van der Waals surface area contributed by atoms with Crippen molar-refractivity contribution in [2.75, 3.05) is 0 Å². The van der Waals surface area contributed by atoms with Gasteiger partial charge < -0.3 is 15.3 Å². The van der Waals surface area contributed by atoms with Crippen molar-refractivity contribution < 1.29 is 29.7 Å². The number of aryl methyl sites for hydroxylation is 1. The summed E-state index contributed by atoms with van der Waals surface area (Å²) in [6.07, 6.45) is 7.84. The molecule has 29 heavy (non-hydrogen) atoms. The van der Waals surface area contributed by atoms with Crippen LogP contribution >= 0.6 is 22.7 Å². The van der Waals surface area contributed by atoms with E-state index in [0.717, 1.165) is 44.9 Å². The Morgan fingerprint density at radius 1 is 0.793 bits per heavy atom. The number of hydrogen-bond donors (Lipinski definition) is 3. The van der Waals surface area contributed by atoms with Gasteiger partial charge in [0, 0.05) is 9.75 Å². The molecular formula is C21H26O6S2. The predicted molar refractivity (Wildman–Crippen MR) is 114 cm³/mol. The summed E-state index contributed by atoms with van der Waals surface area (Å²) in [5.74, 6) is -3.62. The third-order valence-corrected chi connectivity index (χ3v) is 8.42. The molecule has 0 bridgehead atoms. The van der Waals surface area contributed by atoms with Gasteiger partial charge in [-0.25, -0.2) is 9.59 Å². The Balaban J connectivity index is 2.08. The summed E-state index contributed by atoms with van der Waals surface area (Å²) in [4.78, 5) is 36.9. The maximum absolute atomic E-state index is 12.1. The first kappa shape index (κ1) is 21.8. The minimum Gasteiger partial charge on any atom is -0.481 e. The molecule has 1 saturated carbocycles. The van der Waals surface area contributed by atoms with Gasteiger partial charge in [-0.3, -0.25) is 4.79 Å². The average Bonchev–Trinajstić information content (AvgIpc) is 3.12. The number of rotatable bonds is 4. The molecule has 0 amide bonds. The quantitative estimate of drug-likeness (QED) is 0.541. The van der Waals surface area contributed by atoms with Gasteiger partial charge in [0.05, 0.1) is 26.4 Å². The molecule has 2 heterocycles. The molecule has 0 radical (unpaired) electrons. The highest BCUT2D eigenvalue weighted by molar-refractivity contribution is 7.29. The first-order valence-electron chi connectivity index (χ1n) is 10.1. The second-order valence-corrected chi connectivity index (χ2v) is 10.1. The number of carboxylic acids is 3. The van der Waals surface area contributed by atoms with Gasteiger partial charge in [0.15, 0.2) is 0 Å². The second-order valence-electron chi connectivity index (χ2n) is 7.81. The Morgan fingerprint density at radius 2 is 1.34 bits per heavy atom. The molecular weight excluding hydrogens is 412 g/mol. The standard InChI is InChI=1S/C21H26O6S2/c1-11-14(20(24)25)17-18(28-11)15(21(26)27)16(29-17)12-8-6-4-2-3-5-7-9-13(10-12)19(22)23/h12-13H,2-10H2,1H3,(H,22,23)(H,24,25)(H,26,27). The molecule has 0 aliphatic heterocycles. The maximum Gasteiger partial charge on any atom is 0.338 e. The van der Waals surface area contributed by atoms with Crippen LogP contribution in [0.1, 0.15) is 94.2 Å². The Bertz CT molecular complexity index is 925. The third-order valence-electron chi connectivity index (χ3n) is 5.80. The van der Waals surface area contributed by atoms with Gasteiger partial charge in [0.25, 0.3) is 0 Å². The van der Waals surface area contributed by atoms with Crippen LogP contribution in [0.4, 0.5) is 0 Å². The van der Waals surface area contributed by atoms with Crippen LogP contribution in [0.5, 0.6) is 0 Å². The smallest absolute Gasteiger partial charge is 0.338 e. The summed E-state index contributed by atoms with van der Waals surface area (Å²) in [6, 6.07) is 0. The van der Waals surface area contributed by atoms with E-state index in [0.29, 0.717) is 32.0 Å². The molecule has 0 aromatic carbocycles. The molecule has 1 aliphatic rings.